The number of fused-ring (bicyclic) bond motifs is 1. The number of amides is 2. The van der Waals surface area contributed by atoms with Gasteiger partial charge in [0.1, 0.15) is 5.82 Å². The third-order valence-corrected chi connectivity index (χ3v) is 5.54. The molecule has 5 heteroatoms. The van der Waals surface area contributed by atoms with Crippen LogP contribution >= 0.6 is 0 Å². The zero-order valence-electron chi connectivity index (χ0n) is 14.7. The van der Waals surface area contributed by atoms with Crippen molar-refractivity contribution in [2.75, 3.05) is 13.1 Å². The van der Waals surface area contributed by atoms with E-state index in [4.69, 9.17) is 5.73 Å². The van der Waals surface area contributed by atoms with Crippen LogP contribution in [0, 0.1) is 11.7 Å². The fourth-order valence-electron chi connectivity index (χ4n) is 4.08. The molecule has 2 amide bonds. The van der Waals surface area contributed by atoms with Crippen LogP contribution in [0.15, 0.2) is 48.5 Å². The number of nitrogens with zero attached hydrogens (tertiary/aromatic N) is 1. The van der Waals surface area contributed by atoms with Gasteiger partial charge in [-0.3, -0.25) is 0 Å². The number of urea groups is 1. The Balaban J connectivity index is 1.58. The van der Waals surface area contributed by atoms with Crippen molar-refractivity contribution < 1.29 is 9.18 Å². The van der Waals surface area contributed by atoms with E-state index < -0.39 is 0 Å². The molecule has 26 heavy (non-hydrogen) atoms. The number of hydrogen-bond donors (Lipinski definition) is 2. The monoisotopic (exact) mass is 353 g/mol. The smallest absolute Gasteiger partial charge is 0.318 e. The zero-order chi connectivity index (χ0) is 18.1. The number of benzene rings is 2. The van der Waals surface area contributed by atoms with Gasteiger partial charge in [-0.05, 0) is 54.0 Å². The molecule has 0 unspecified atom stereocenters. The van der Waals surface area contributed by atoms with E-state index in [9.17, 15) is 9.18 Å². The Hall–Kier alpha value is -2.40. The van der Waals surface area contributed by atoms with Gasteiger partial charge in [0.2, 0.25) is 0 Å². The van der Waals surface area contributed by atoms with Gasteiger partial charge in [0.15, 0.2) is 0 Å². The fourth-order valence-corrected chi connectivity index (χ4v) is 4.08. The average molecular weight is 353 g/mol. The van der Waals surface area contributed by atoms with Gasteiger partial charge >= 0.3 is 6.03 Å². The molecule has 2 aromatic rings. The minimum Gasteiger partial charge on any atom is -0.338 e. The lowest BCUT2D eigenvalue weighted by Gasteiger charge is -2.39. The summed E-state index contributed by atoms with van der Waals surface area (Å²) in [6, 6.07) is 14.7. The molecule has 0 spiro atoms. The summed E-state index contributed by atoms with van der Waals surface area (Å²) in [4.78, 5) is 14.8. The largest absolute Gasteiger partial charge is 0.338 e. The first-order valence-electron chi connectivity index (χ1n) is 9.25. The van der Waals surface area contributed by atoms with Crippen molar-refractivity contribution >= 4 is 6.03 Å². The Bertz CT molecular complexity index is 786. The van der Waals surface area contributed by atoms with E-state index in [1.54, 1.807) is 12.1 Å². The van der Waals surface area contributed by atoms with Gasteiger partial charge in [-0.2, -0.15) is 0 Å². The number of halogens is 1. The van der Waals surface area contributed by atoms with Crippen molar-refractivity contribution in [1.29, 1.82) is 0 Å². The van der Waals surface area contributed by atoms with Crippen LogP contribution in [-0.4, -0.2) is 30.1 Å². The van der Waals surface area contributed by atoms with Gasteiger partial charge in [-0.25, -0.2) is 9.18 Å². The van der Waals surface area contributed by atoms with E-state index in [2.05, 4.69) is 17.4 Å². The minimum absolute atomic E-state index is 0.0608. The van der Waals surface area contributed by atoms with Crippen LogP contribution in [0.25, 0.3) is 0 Å². The second-order valence-corrected chi connectivity index (χ2v) is 7.38. The molecule has 1 saturated carbocycles. The zero-order valence-corrected chi connectivity index (χ0v) is 14.7. The van der Waals surface area contributed by atoms with E-state index in [1.807, 2.05) is 17.0 Å². The lowest BCUT2D eigenvalue weighted by molar-refractivity contribution is 0.172. The molecule has 1 atom stereocenters. The first-order chi connectivity index (χ1) is 12.6. The summed E-state index contributed by atoms with van der Waals surface area (Å²) >= 11 is 0. The first-order valence-corrected chi connectivity index (χ1v) is 9.25. The SMILES string of the molecule is N[C@H]1C[C@H](CNC(=O)N2CCc3ccccc3[C@@H]2c2ccc(F)cc2)C1. The number of rotatable bonds is 3. The normalized spacial score (nSPS) is 24.5. The fraction of sp³-hybridized carbons (Fsp3) is 0.381. The second-order valence-electron chi connectivity index (χ2n) is 7.38. The van der Waals surface area contributed by atoms with Gasteiger partial charge < -0.3 is 16.0 Å². The molecule has 1 heterocycles. The molecule has 1 aliphatic heterocycles. The Kier molecular flexibility index (Phi) is 4.64. The van der Waals surface area contributed by atoms with E-state index in [0.717, 1.165) is 30.4 Å². The van der Waals surface area contributed by atoms with Crippen LogP contribution in [0.2, 0.25) is 0 Å². The van der Waals surface area contributed by atoms with Crippen molar-refractivity contribution in [3.05, 3.63) is 71.0 Å². The summed E-state index contributed by atoms with van der Waals surface area (Å²) in [7, 11) is 0. The molecule has 0 aromatic heterocycles. The van der Waals surface area contributed by atoms with Crippen molar-refractivity contribution in [1.82, 2.24) is 10.2 Å². The summed E-state index contributed by atoms with van der Waals surface area (Å²) in [5, 5.41) is 3.07. The van der Waals surface area contributed by atoms with E-state index >= 15 is 0 Å². The third-order valence-electron chi connectivity index (χ3n) is 5.54. The maximum atomic E-state index is 13.4. The van der Waals surface area contributed by atoms with E-state index in [-0.39, 0.29) is 23.9 Å². The maximum Gasteiger partial charge on any atom is 0.318 e. The van der Waals surface area contributed by atoms with E-state index in [1.165, 1.54) is 17.7 Å². The molecule has 136 valence electrons. The molecular formula is C21H24FN3O. The average Bonchev–Trinajstić information content (AvgIpc) is 2.64. The lowest BCUT2D eigenvalue weighted by atomic mass is 9.81. The Morgan fingerprint density at radius 1 is 1.15 bits per heavy atom. The van der Waals surface area contributed by atoms with Crippen molar-refractivity contribution in [3.8, 4) is 0 Å². The van der Waals surface area contributed by atoms with Crippen molar-refractivity contribution in [2.24, 2.45) is 11.7 Å². The number of nitrogens with one attached hydrogen (secondary N) is 1. The van der Waals surface area contributed by atoms with E-state index in [0.29, 0.717) is 19.0 Å². The summed E-state index contributed by atoms with van der Waals surface area (Å²) < 4.78 is 13.4. The van der Waals surface area contributed by atoms with Crippen LogP contribution in [0.1, 0.15) is 35.6 Å². The van der Waals surface area contributed by atoms with Crippen molar-refractivity contribution in [2.45, 2.75) is 31.3 Å². The highest BCUT2D eigenvalue weighted by molar-refractivity contribution is 5.76. The molecule has 0 bridgehead atoms. The molecule has 4 rings (SSSR count). The molecule has 2 aliphatic rings. The summed E-state index contributed by atoms with van der Waals surface area (Å²) in [5.74, 6) is 0.213. The van der Waals surface area contributed by atoms with Crippen LogP contribution in [0.4, 0.5) is 9.18 Å². The molecule has 2 aromatic carbocycles. The van der Waals surface area contributed by atoms with Gasteiger partial charge in [-0.15, -0.1) is 0 Å². The third kappa shape index (κ3) is 3.31. The maximum absolute atomic E-state index is 13.4. The quantitative estimate of drug-likeness (QED) is 0.890. The molecule has 0 saturated heterocycles. The Morgan fingerprint density at radius 3 is 2.62 bits per heavy atom. The molecule has 4 nitrogen and oxygen atoms in total. The van der Waals surface area contributed by atoms with Gasteiger partial charge in [-0.1, -0.05) is 36.4 Å². The van der Waals surface area contributed by atoms with Crippen LogP contribution < -0.4 is 11.1 Å². The van der Waals surface area contributed by atoms with Crippen LogP contribution in [-0.2, 0) is 6.42 Å². The second kappa shape index (κ2) is 7.08. The highest BCUT2D eigenvalue weighted by Crippen LogP contribution is 2.35. The molecular weight excluding hydrogens is 329 g/mol. The summed E-state index contributed by atoms with van der Waals surface area (Å²) in [6.07, 6.45) is 2.78. The Morgan fingerprint density at radius 2 is 1.88 bits per heavy atom. The standard InChI is InChI=1S/C21H24FN3O/c22-17-7-5-16(6-8-17)20-19-4-2-1-3-15(19)9-10-25(20)21(26)24-13-14-11-18(23)12-14/h1-8,14,18,20H,9-13,23H2,(H,24,26)/t14-,18-,20-/m0/s1. The predicted molar refractivity (Wildman–Crippen MR) is 99.2 cm³/mol. The number of nitrogens with two attached hydrogens (primary N) is 1. The topological polar surface area (TPSA) is 58.4 Å². The van der Waals surface area contributed by atoms with Gasteiger partial charge in [0.05, 0.1) is 6.04 Å². The number of carbonyl (C=O) groups is 1. The molecule has 1 fully saturated rings. The Labute approximate surface area is 153 Å². The minimum atomic E-state index is -0.268. The van der Waals surface area contributed by atoms with Gasteiger partial charge in [0, 0.05) is 19.1 Å². The highest BCUT2D eigenvalue weighted by atomic mass is 19.1. The lowest BCUT2D eigenvalue weighted by Crippen LogP contribution is -2.49. The molecule has 1 aliphatic carbocycles. The predicted octanol–water partition coefficient (Wildman–Crippen LogP) is 3.22. The highest BCUT2D eigenvalue weighted by Gasteiger charge is 2.33. The summed E-state index contributed by atoms with van der Waals surface area (Å²) in [5.41, 5.74) is 9.12. The van der Waals surface area contributed by atoms with Crippen LogP contribution in [0.5, 0.6) is 0 Å². The number of carbonyl (C=O) groups excluding carboxylic acids is 1. The number of hydrogen-bond acceptors (Lipinski definition) is 2. The summed E-state index contributed by atoms with van der Waals surface area (Å²) in [6.45, 7) is 1.32. The molecule has 0 radical (unpaired) electrons. The van der Waals surface area contributed by atoms with Gasteiger partial charge in [0.25, 0.3) is 0 Å². The molecule has 3 N–H and O–H groups in total. The van der Waals surface area contributed by atoms with Crippen molar-refractivity contribution in [3.63, 3.8) is 0 Å². The van der Waals surface area contributed by atoms with Crippen LogP contribution in [0.3, 0.4) is 0 Å². The first kappa shape index (κ1) is 17.0.